The molecular weight excluding hydrogens is 605 g/mol. The summed E-state index contributed by atoms with van der Waals surface area (Å²) >= 11 is 2.72. The second-order valence-corrected chi connectivity index (χ2v) is 14.8. The summed E-state index contributed by atoms with van der Waals surface area (Å²) in [6.45, 7) is 8.08. The number of hydrogen-bond donors (Lipinski definition) is 4. The van der Waals surface area contributed by atoms with Gasteiger partial charge in [0.15, 0.2) is 0 Å². The first kappa shape index (κ1) is 31.9. The molecular formula is C35H44N4O4S2. The second kappa shape index (κ2) is 14.2. The summed E-state index contributed by atoms with van der Waals surface area (Å²) < 4.78 is 0.596. The molecule has 1 spiro atoms. The first-order valence-corrected chi connectivity index (χ1v) is 17.9. The van der Waals surface area contributed by atoms with Crippen molar-refractivity contribution in [1.29, 1.82) is 0 Å². The van der Waals surface area contributed by atoms with E-state index >= 15 is 0 Å². The monoisotopic (exact) mass is 648 g/mol. The van der Waals surface area contributed by atoms with Crippen molar-refractivity contribution in [2.45, 2.75) is 64.5 Å². The van der Waals surface area contributed by atoms with Gasteiger partial charge in [-0.05, 0) is 86.8 Å². The molecule has 2 saturated heterocycles. The summed E-state index contributed by atoms with van der Waals surface area (Å²) in [6, 6.07) is 14.1. The number of aromatic hydroxyl groups is 1. The number of aromatic amines is 1. The summed E-state index contributed by atoms with van der Waals surface area (Å²) in [5.74, 6) is 0.228. The molecule has 2 aromatic carbocycles. The Labute approximate surface area is 272 Å². The number of aliphatic hydroxyl groups is 1. The lowest BCUT2D eigenvalue weighted by Gasteiger charge is -2.47. The molecule has 6 rings (SSSR count). The summed E-state index contributed by atoms with van der Waals surface area (Å²) in [5, 5.41) is 26.2. The van der Waals surface area contributed by atoms with Crippen LogP contribution < -0.4 is 10.2 Å². The molecule has 4 heterocycles. The summed E-state index contributed by atoms with van der Waals surface area (Å²) in [7, 11) is 0. The van der Waals surface area contributed by atoms with Crippen molar-refractivity contribution < 1.29 is 15.0 Å². The van der Waals surface area contributed by atoms with Gasteiger partial charge in [0.2, 0.25) is 0 Å². The topological polar surface area (TPSA) is 109 Å². The maximum atomic E-state index is 13.3. The smallest absolute Gasteiger partial charge is 0.305 e. The number of rotatable bonds is 11. The second-order valence-electron chi connectivity index (χ2n) is 12.8. The lowest BCUT2D eigenvalue weighted by Crippen LogP contribution is -2.50. The SMILES string of the molecule is CCCc1cc(C(=O)N2CCCC3(CCN(Cc4cccc(CCNC[C@H](O)c5ccc(O)c6[nH]c(=O)sc56)c4)CC3)C2)cs1. The van der Waals surface area contributed by atoms with E-state index in [0.717, 1.165) is 94.7 Å². The average Bonchev–Trinajstić information content (AvgIpc) is 3.68. The Hall–Kier alpha value is -3.02. The Bertz CT molecular complexity index is 1670. The van der Waals surface area contributed by atoms with Gasteiger partial charge >= 0.3 is 4.87 Å². The number of thiophene rings is 1. The molecule has 1 amide bonds. The molecule has 240 valence electrons. The molecule has 45 heavy (non-hydrogen) atoms. The van der Waals surface area contributed by atoms with E-state index in [-0.39, 0.29) is 21.9 Å². The van der Waals surface area contributed by atoms with Gasteiger partial charge < -0.3 is 25.4 Å². The fraction of sp³-hybridized carbons (Fsp3) is 0.486. The minimum Gasteiger partial charge on any atom is -0.506 e. The zero-order valence-electron chi connectivity index (χ0n) is 26.0. The number of amides is 1. The number of likely N-dealkylation sites (tertiary alicyclic amines) is 2. The highest BCUT2D eigenvalue weighted by molar-refractivity contribution is 7.16. The van der Waals surface area contributed by atoms with Crippen molar-refractivity contribution in [3.8, 4) is 5.75 Å². The molecule has 0 bridgehead atoms. The predicted octanol–water partition coefficient (Wildman–Crippen LogP) is 5.69. The number of aromatic nitrogens is 1. The number of phenols is 1. The van der Waals surface area contributed by atoms with Crippen LogP contribution in [0.3, 0.4) is 0 Å². The molecule has 2 aliphatic rings. The number of aliphatic hydroxyl groups excluding tert-OH is 1. The van der Waals surface area contributed by atoms with Crippen LogP contribution in [0.1, 0.15) is 77.1 Å². The third-order valence-electron chi connectivity index (χ3n) is 9.54. The first-order chi connectivity index (χ1) is 21.8. The molecule has 10 heteroatoms. The van der Waals surface area contributed by atoms with Gasteiger partial charge in [0.1, 0.15) is 11.3 Å². The number of H-pyrrole nitrogens is 1. The molecule has 8 nitrogen and oxygen atoms in total. The predicted molar refractivity (Wildman–Crippen MR) is 182 cm³/mol. The normalized spacial score (nSPS) is 17.7. The van der Waals surface area contributed by atoms with E-state index in [1.54, 1.807) is 17.4 Å². The van der Waals surface area contributed by atoms with E-state index in [4.69, 9.17) is 0 Å². The lowest BCUT2D eigenvalue weighted by molar-refractivity contribution is 0.0198. The molecule has 4 N–H and O–H groups in total. The Morgan fingerprint density at radius 3 is 2.73 bits per heavy atom. The van der Waals surface area contributed by atoms with Crippen LogP contribution in [-0.4, -0.2) is 70.2 Å². The van der Waals surface area contributed by atoms with Crippen LogP contribution >= 0.6 is 22.7 Å². The van der Waals surface area contributed by atoms with Crippen molar-refractivity contribution in [1.82, 2.24) is 20.1 Å². The third kappa shape index (κ3) is 7.52. The largest absolute Gasteiger partial charge is 0.506 e. The number of hydrogen-bond acceptors (Lipinski definition) is 8. The Morgan fingerprint density at radius 2 is 1.91 bits per heavy atom. The quantitative estimate of drug-likeness (QED) is 0.156. The number of nitrogens with one attached hydrogen (secondary N) is 2. The van der Waals surface area contributed by atoms with E-state index in [1.165, 1.54) is 28.5 Å². The highest BCUT2D eigenvalue weighted by Crippen LogP contribution is 2.40. The average molecular weight is 649 g/mol. The number of phenolic OH excluding ortho intramolecular Hbond substituents is 1. The van der Waals surface area contributed by atoms with E-state index in [0.29, 0.717) is 22.3 Å². The van der Waals surface area contributed by atoms with Crippen molar-refractivity contribution >= 4 is 38.8 Å². The summed E-state index contributed by atoms with van der Waals surface area (Å²) in [5.41, 5.74) is 4.72. The number of carbonyl (C=O) groups is 1. The van der Waals surface area contributed by atoms with Gasteiger partial charge in [-0.25, -0.2) is 0 Å². The van der Waals surface area contributed by atoms with Gasteiger partial charge in [-0.15, -0.1) is 11.3 Å². The molecule has 4 aromatic rings. The van der Waals surface area contributed by atoms with Crippen molar-refractivity contribution in [2.75, 3.05) is 39.3 Å². The molecule has 2 fully saturated rings. The number of fused-ring (bicyclic) bond motifs is 1. The fourth-order valence-electron chi connectivity index (χ4n) is 7.05. The number of thiazole rings is 1. The van der Waals surface area contributed by atoms with Gasteiger partial charge in [0.25, 0.3) is 5.91 Å². The third-order valence-corrected chi connectivity index (χ3v) is 11.5. The van der Waals surface area contributed by atoms with E-state index in [2.05, 4.69) is 62.7 Å². The van der Waals surface area contributed by atoms with E-state index in [9.17, 15) is 19.8 Å². The van der Waals surface area contributed by atoms with Crippen molar-refractivity contribution in [3.63, 3.8) is 0 Å². The van der Waals surface area contributed by atoms with Crippen LogP contribution in [0, 0.1) is 5.41 Å². The minimum absolute atomic E-state index is 0.0128. The summed E-state index contributed by atoms with van der Waals surface area (Å²) in [4.78, 5) is 33.5. The van der Waals surface area contributed by atoms with Crippen LogP contribution in [-0.2, 0) is 19.4 Å². The van der Waals surface area contributed by atoms with Crippen LogP contribution in [0.5, 0.6) is 5.75 Å². The lowest BCUT2D eigenvalue weighted by atomic mass is 9.72. The zero-order valence-corrected chi connectivity index (χ0v) is 27.7. The van der Waals surface area contributed by atoms with E-state index in [1.807, 2.05) is 0 Å². The van der Waals surface area contributed by atoms with Crippen LogP contribution in [0.25, 0.3) is 10.2 Å². The number of aryl methyl sites for hydroxylation is 1. The number of benzene rings is 2. The number of carbonyl (C=O) groups excluding carboxylic acids is 1. The zero-order chi connectivity index (χ0) is 31.4. The van der Waals surface area contributed by atoms with Gasteiger partial charge in [-0.1, -0.05) is 55.0 Å². The molecule has 1 atom stereocenters. The molecule has 2 aliphatic heterocycles. The minimum atomic E-state index is -0.781. The maximum Gasteiger partial charge on any atom is 0.305 e. The van der Waals surface area contributed by atoms with Gasteiger partial charge in [0, 0.05) is 42.0 Å². The molecule has 0 unspecified atom stereocenters. The highest BCUT2D eigenvalue weighted by atomic mass is 32.1. The molecule has 2 aromatic heterocycles. The van der Waals surface area contributed by atoms with Gasteiger partial charge in [0.05, 0.1) is 16.4 Å². The van der Waals surface area contributed by atoms with Crippen LogP contribution in [0.15, 0.2) is 52.6 Å². The Kier molecular flexibility index (Phi) is 10.1. The number of piperidine rings is 2. The Morgan fingerprint density at radius 1 is 1.09 bits per heavy atom. The fourth-order valence-corrected chi connectivity index (χ4v) is 8.93. The first-order valence-electron chi connectivity index (χ1n) is 16.2. The van der Waals surface area contributed by atoms with Crippen molar-refractivity contribution in [3.05, 3.63) is 84.6 Å². The van der Waals surface area contributed by atoms with Gasteiger partial charge in [-0.2, -0.15) is 0 Å². The van der Waals surface area contributed by atoms with Crippen LogP contribution in [0.2, 0.25) is 0 Å². The highest BCUT2D eigenvalue weighted by Gasteiger charge is 2.39. The van der Waals surface area contributed by atoms with E-state index < -0.39 is 6.10 Å². The Balaban J connectivity index is 0.963. The summed E-state index contributed by atoms with van der Waals surface area (Å²) in [6.07, 6.45) is 6.82. The molecule has 0 saturated carbocycles. The van der Waals surface area contributed by atoms with Crippen molar-refractivity contribution in [2.24, 2.45) is 5.41 Å². The number of nitrogens with zero attached hydrogens (tertiary/aromatic N) is 2. The van der Waals surface area contributed by atoms with Gasteiger partial charge in [-0.3, -0.25) is 14.5 Å². The molecule has 0 radical (unpaired) electrons. The standard InChI is InChI=1S/C35H44N4O4S2/c1-2-5-27-19-26(22-44-27)33(42)39-15-4-11-35(23-39)12-16-38(17-13-35)21-25-7-3-6-24(18-25)10-14-36-20-30(41)28-8-9-29(40)31-32(28)45-34(43)37-31/h3,6-9,18-19,22,30,36,40-41H,2,4-5,10-17,20-21,23H2,1H3,(H,37,43)/t30-/m0/s1. The maximum absolute atomic E-state index is 13.3. The van der Waals surface area contributed by atoms with Crippen LogP contribution in [0.4, 0.5) is 0 Å². The molecule has 0 aliphatic carbocycles.